The van der Waals surface area contributed by atoms with Crippen LogP contribution in [0.4, 0.5) is 0 Å². The Morgan fingerprint density at radius 1 is 0.846 bits per heavy atom. The maximum Gasteiger partial charge on any atom is 0.214 e. The van der Waals surface area contributed by atoms with E-state index in [1.54, 1.807) is 12.1 Å². The molecule has 2 aromatic carbocycles. The van der Waals surface area contributed by atoms with Crippen molar-refractivity contribution in [2.24, 2.45) is 0 Å². The van der Waals surface area contributed by atoms with Crippen molar-refractivity contribution in [1.82, 2.24) is 20.6 Å². The van der Waals surface area contributed by atoms with Crippen LogP contribution in [0.5, 0.6) is 0 Å². The monoisotopic (exact) mass is 360 g/mol. The Balaban J connectivity index is 2.01. The fourth-order valence-corrected chi connectivity index (χ4v) is 3.97. The fraction of sp³-hybridized carbons (Fsp3) is 0. The minimum atomic E-state index is 0.467. The molecule has 0 amide bonds. The highest BCUT2D eigenvalue weighted by atomic mass is 32.1. The lowest BCUT2D eigenvalue weighted by molar-refractivity contribution is 0.111. The number of H-pyrrole nitrogens is 1. The van der Waals surface area contributed by atoms with Gasteiger partial charge in [-0.3, -0.25) is 9.59 Å². The number of carbonyl (C=O) groups is 2. The molecule has 0 atom stereocenters. The summed E-state index contributed by atoms with van der Waals surface area (Å²) in [6, 6.07) is 16.6. The molecule has 0 saturated heterocycles. The van der Waals surface area contributed by atoms with Crippen LogP contribution in [0.15, 0.2) is 54.6 Å². The van der Waals surface area contributed by atoms with Crippen LogP contribution >= 0.6 is 11.3 Å². The van der Waals surface area contributed by atoms with Gasteiger partial charge in [-0.2, -0.15) is 5.21 Å². The van der Waals surface area contributed by atoms with Crippen molar-refractivity contribution in [2.75, 3.05) is 0 Å². The molecular formula is C19H12N4O2S. The molecule has 0 fully saturated rings. The van der Waals surface area contributed by atoms with Gasteiger partial charge in [0.2, 0.25) is 5.82 Å². The number of carbonyl (C=O) groups excluding carboxylic acids is 2. The van der Waals surface area contributed by atoms with Gasteiger partial charge in [-0.05, 0) is 16.8 Å². The third-order valence-electron chi connectivity index (χ3n) is 4.01. The predicted molar refractivity (Wildman–Crippen MR) is 99.1 cm³/mol. The largest absolute Gasteiger partial charge is 0.298 e. The second-order valence-corrected chi connectivity index (χ2v) is 6.55. The third-order valence-corrected chi connectivity index (χ3v) is 5.17. The van der Waals surface area contributed by atoms with Crippen LogP contribution in [0.3, 0.4) is 0 Å². The van der Waals surface area contributed by atoms with Crippen molar-refractivity contribution in [2.45, 2.75) is 0 Å². The summed E-state index contributed by atoms with van der Waals surface area (Å²) in [6.45, 7) is 0. The number of nitrogens with zero attached hydrogens (tertiary/aromatic N) is 3. The highest BCUT2D eigenvalue weighted by molar-refractivity contribution is 7.19. The molecule has 0 aliphatic heterocycles. The van der Waals surface area contributed by atoms with E-state index in [0.29, 0.717) is 17.0 Å². The summed E-state index contributed by atoms with van der Waals surface area (Å²) in [5, 5.41) is 14.1. The second-order valence-electron chi connectivity index (χ2n) is 5.50. The highest BCUT2D eigenvalue weighted by Crippen LogP contribution is 2.43. The molecule has 0 spiro atoms. The zero-order valence-corrected chi connectivity index (χ0v) is 14.2. The molecular weight excluding hydrogens is 348 g/mol. The summed E-state index contributed by atoms with van der Waals surface area (Å²) in [6.07, 6.45) is 1.66. The zero-order valence-electron chi connectivity index (χ0n) is 13.4. The second kappa shape index (κ2) is 6.81. The van der Waals surface area contributed by atoms with E-state index in [1.165, 1.54) is 11.3 Å². The number of hydrogen-bond donors (Lipinski definition) is 1. The molecule has 0 aliphatic carbocycles. The van der Waals surface area contributed by atoms with Gasteiger partial charge in [-0.1, -0.05) is 48.5 Å². The van der Waals surface area contributed by atoms with E-state index in [0.717, 1.165) is 39.0 Å². The fourth-order valence-electron chi connectivity index (χ4n) is 2.82. The van der Waals surface area contributed by atoms with E-state index in [4.69, 9.17) is 0 Å². The zero-order chi connectivity index (χ0) is 17.9. The summed E-state index contributed by atoms with van der Waals surface area (Å²) in [7, 11) is 0. The van der Waals surface area contributed by atoms with E-state index in [1.807, 2.05) is 42.5 Å². The normalized spacial score (nSPS) is 10.6. The topological polar surface area (TPSA) is 88.6 Å². The van der Waals surface area contributed by atoms with Crippen molar-refractivity contribution < 1.29 is 9.59 Å². The number of tetrazole rings is 1. The number of rotatable bonds is 5. The summed E-state index contributed by atoms with van der Waals surface area (Å²) >= 11 is 1.45. The lowest BCUT2D eigenvalue weighted by Gasteiger charge is -2.08. The van der Waals surface area contributed by atoms with Gasteiger partial charge in [0.05, 0.1) is 4.88 Å². The molecule has 0 bridgehead atoms. The first-order chi connectivity index (χ1) is 12.8. The van der Waals surface area contributed by atoms with Crippen molar-refractivity contribution in [3.63, 3.8) is 0 Å². The molecule has 6 nitrogen and oxygen atoms in total. The van der Waals surface area contributed by atoms with Gasteiger partial charge in [0.15, 0.2) is 12.6 Å². The summed E-state index contributed by atoms with van der Waals surface area (Å²) < 4.78 is 0. The molecule has 0 unspecified atom stereocenters. The molecule has 1 N–H and O–H groups in total. The van der Waals surface area contributed by atoms with Crippen LogP contribution in [0.1, 0.15) is 20.7 Å². The molecule has 0 saturated carbocycles. The maximum atomic E-state index is 11.5. The first-order valence-electron chi connectivity index (χ1n) is 7.78. The number of aldehydes is 2. The molecule has 0 aliphatic rings. The summed E-state index contributed by atoms with van der Waals surface area (Å²) in [5.41, 5.74) is 3.61. The molecule has 4 aromatic rings. The van der Waals surface area contributed by atoms with Gasteiger partial charge in [0.1, 0.15) is 0 Å². The van der Waals surface area contributed by atoms with Gasteiger partial charge in [-0.25, -0.2) is 0 Å². The molecule has 126 valence electrons. The predicted octanol–water partition coefficient (Wildman–Crippen LogP) is 3.89. The van der Waals surface area contributed by atoms with E-state index >= 15 is 0 Å². The number of nitrogens with one attached hydrogen (secondary N) is 1. The Hall–Kier alpha value is -3.45. The number of benzene rings is 2. The summed E-state index contributed by atoms with van der Waals surface area (Å²) in [4.78, 5) is 24.7. The van der Waals surface area contributed by atoms with Gasteiger partial charge in [-0.15, -0.1) is 21.5 Å². The Kier molecular flexibility index (Phi) is 4.20. The van der Waals surface area contributed by atoms with Crippen molar-refractivity contribution in [1.29, 1.82) is 0 Å². The van der Waals surface area contributed by atoms with E-state index in [9.17, 15) is 9.59 Å². The third kappa shape index (κ3) is 2.74. The van der Waals surface area contributed by atoms with Crippen LogP contribution in [0, 0.1) is 0 Å². The Morgan fingerprint density at radius 2 is 1.50 bits per heavy atom. The molecule has 0 radical (unpaired) electrons. The number of aromatic amines is 1. The average molecular weight is 360 g/mol. The van der Waals surface area contributed by atoms with Crippen LogP contribution in [-0.2, 0) is 0 Å². The maximum absolute atomic E-state index is 11.5. The van der Waals surface area contributed by atoms with Crippen molar-refractivity contribution in [3.05, 3.63) is 65.7 Å². The molecule has 4 rings (SSSR count). The van der Waals surface area contributed by atoms with Gasteiger partial charge in [0, 0.05) is 27.1 Å². The molecule has 2 aromatic heterocycles. The molecule has 2 heterocycles. The number of thiophene rings is 1. The Labute approximate surface area is 152 Å². The number of hydrogen-bond acceptors (Lipinski definition) is 6. The lowest BCUT2D eigenvalue weighted by atomic mass is 9.96. The first-order valence-corrected chi connectivity index (χ1v) is 8.60. The minimum absolute atomic E-state index is 0.467. The number of aromatic nitrogens is 4. The van der Waals surface area contributed by atoms with Crippen LogP contribution in [0.25, 0.3) is 32.3 Å². The van der Waals surface area contributed by atoms with Crippen LogP contribution in [0.2, 0.25) is 0 Å². The average Bonchev–Trinajstić information content (AvgIpc) is 3.37. The SMILES string of the molecule is O=Cc1ccccc1-c1cc(-c2nn[nH]n2)sc1-c1ccccc1C=O. The van der Waals surface area contributed by atoms with Crippen LogP contribution in [-0.4, -0.2) is 33.2 Å². The van der Waals surface area contributed by atoms with Crippen molar-refractivity contribution >= 4 is 23.9 Å². The Bertz CT molecular complexity index is 1020. The standard InChI is InChI=1S/C19H12N4O2S/c24-10-12-5-1-3-7-14(12)16-9-17(19-20-22-23-21-19)26-18(16)15-8-4-2-6-13(15)11-25/h1-11H,(H,20,21,22,23). The van der Waals surface area contributed by atoms with Crippen LogP contribution < -0.4 is 0 Å². The molecule has 7 heteroatoms. The highest BCUT2D eigenvalue weighted by Gasteiger charge is 2.19. The minimum Gasteiger partial charge on any atom is -0.298 e. The first kappa shape index (κ1) is 16.0. The smallest absolute Gasteiger partial charge is 0.214 e. The van der Waals surface area contributed by atoms with E-state index in [2.05, 4.69) is 20.6 Å². The van der Waals surface area contributed by atoms with Gasteiger partial charge in [0.25, 0.3) is 0 Å². The summed E-state index contributed by atoms with van der Waals surface area (Å²) in [5.74, 6) is 0.467. The van der Waals surface area contributed by atoms with E-state index in [-0.39, 0.29) is 0 Å². The van der Waals surface area contributed by atoms with E-state index < -0.39 is 0 Å². The van der Waals surface area contributed by atoms with Gasteiger partial charge < -0.3 is 0 Å². The Morgan fingerprint density at radius 3 is 2.15 bits per heavy atom. The van der Waals surface area contributed by atoms with Crippen molar-refractivity contribution in [3.8, 4) is 32.3 Å². The molecule has 26 heavy (non-hydrogen) atoms. The quantitative estimate of drug-likeness (QED) is 0.546. The lowest BCUT2D eigenvalue weighted by Crippen LogP contribution is -1.89. The van der Waals surface area contributed by atoms with Gasteiger partial charge >= 0.3 is 0 Å².